The van der Waals surface area contributed by atoms with E-state index in [-0.39, 0.29) is 0 Å². The number of hydrogen-bond acceptors (Lipinski definition) is 2. The molecular weight excluding hydrogens is 267 g/mol. The van der Waals surface area contributed by atoms with Crippen molar-refractivity contribution in [1.82, 2.24) is 0 Å². The number of ether oxygens (including phenoxy) is 2. The molecule has 2 nitrogen and oxygen atoms in total. The molecule has 0 bridgehead atoms. The van der Waals surface area contributed by atoms with Crippen LogP contribution >= 0.6 is 27.5 Å². The van der Waals surface area contributed by atoms with Crippen molar-refractivity contribution in [3.05, 3.63) is 21.1 Å². The second-order valence-corrected chi connectivity index (χ2v) is 3.98. The summed E-state index contributed by atoms with van der Waals surface area (Å²) < 4.78 is 11.2. The lowest BCUT2D eigenvalue weighted by Crippen LogP contribution is -1.95. The van der Waals surface area contributed by atoms with Gasteiger partial charge in [-0.1, -0.05) is 18.5 Å². The highest BCUT2D eigenvalue weighted by atomic mass is 79.9. The maximum atomic E-state index is 6.12. The Morgan fingerprint density at radius 1 is 1.29 bits per heavy atom. The second-order valence-electron chi connectivity index (χ2n) is 2.75. The van der Waals surface area contributed by atoms with Crippen LogP contribution < -0.4 is 9.47 Å². The fourth-order valence-corrected chi connectivity index (χ4v) is 2.43. The normalized spacial score (nSPS) is 10.1. The lowest BCUT2D eigenvalue weighted by Gasteiger charge is -2.13. The fourth-order valence-electron chi connectivity index (χ4n) is 1.30. The lowest BCUT2D eigenvalue weighted by atomic mass is 10.1. The van der Waals surface area contributed by atoms with Crippen LogP contribution in [0.5, 0.6) is 11.5 Å². The zero-order valence-corrected chi connectivity index (χ0v) is 10.7. The average molecular weight is 280 g/mol. The van der Waals surface area contributed by atoms with Crippen LogP contribution in [0.3, 0.4) is 0 Å². The van der Waals surface area contributed by atoms with Crippen molar-refractivity contribution in [3.8, 4) is 11.5 Å². The molecule has 0 unspecified atom stereocenters. The van der Waals surface area contributed by atoms with Crippen molar-refractivity contribution in [1.29, 1.82) is 0 Å². The van der Waals surface area contributed by atoms with Gasteiger partial charge >= 0.3 is 0 Å². The van der Waals surface area contributed by atoms with Gasteiger partial charge in [0.1, 0.15) is 10.8 Å². The molecule has 0 aromatic heterocycles. The van der Waals surface area contributed by atoms with Gasteiger partial charge in [0.25, 0.3) is 0 Å². The summed E-state index contributed by atoms with van der Waals surface area (Å²) in [5.41, 5.74) is 1.06. The smallest absolute Gasteiger partial charge is 0.155 e. The zero-order chi connectivity index (χ0) is 10.7. The third-order valence-electron chi connectivity index (χ3n) is 2.00. The maximum absolute atomic E-state index is 6.12. The SMILES string of the molecule is CCc1cc(Br)c(OC)c(Cl)c1OC. The molecule has 0 aliphatic rings. The second kappa shape index (κ2) is 4.89. The molecule has 1 aromatic carbocycles. The molecule has 14 heavy (non-hydrogen) atoms. The molecule has 0 aliphatic heterocycles. The highest BCUT2D eigenvalue weighted by Crippen LogP contribution is 2.42. The third-order valence-corrected chi connectivity index (χ3v) is 2.93. The van der Waals surface area contributed by atoms with E-state index in [0.717, 1.165) is 16.5 Å². The largest absolute Gasteiger partial charge is 0.495 e. The monoisotopic (exact) mass is 278 g/mol. The molecule has 0 atom stereocenters. The molecule has 0 amide bonds. The Balaban J connectivity index is 3.39. The van der Waals surface area contributed by atoms with E-state index >= 15 is 0 Å². The lowest BCUT2D eigenvalue weighted by molar-refractivity contribution is 0.390. The summed E-state index contributed by atoms with van der Waals surface area (Å²) in [5.74, 6) is 1.30. The Labute approximate surface area is 97.3 Å². The number of halogens is 2. The van der Waals surface area contributed by atoms with Crippen molar-refractivity contribution in [2.45, 2.75) is 13.3 Å². The van der Waals surface area contributed by atoms with Gasteiger partial charge in [0.15, 0.2) is 5.75 Å². The van der Waals surface area contributed by atoms with E-state index in [1.54, 1.807) is 14.2 Å². The van der Waals surface area contributed by atoms with Crippen LogP contribution in [0, 0.1) is 0 Å². The standard InChI is InChI=1S/C10H12BrClO2/c1-4-6-5-7(11)10(14-3)8(12)9(6)13-2/h5H,4H2,1-3H3. The molecule has 0 spiro atoms. The molecule has 1 aromatic rings. The summed E-state index contributed by atoms with van der Waals surface area (Å²) in [7, 11) is 3.19. The highest BCUT2D eigenvalue weighted by Gasteiger charge is 2.15. The maximum Gasteiger partial charge on any atom is 0.155 e. The van der Waals surface area contributed by atoms with Gasteiger partial charge in [0.2, 0.25) is 0 Å². The fraction of sp³-hybridized carbons (Fsp3) is 0.400. The Morgan fingerprint density at radius 3 is 2.29 bits per heavy atom. The van der Waals surface area contributed by atoms with E-state index in [1.807, 2.05) is 13.0 Å². The van der Waals surface area contributed by atoms with E-state index in [1.165, 1.54) is 0 Å². The van der Waals surface area contributed by atoms with Crippen molar-refractivity contribution < 1.29 is 9.47 Å². The predicted octanol–water partition coefficient (Wildman–Crippen LogP) is 3.68. The highest BCUT2D eigenvalue weighted by molar-refractivity contribution is 9.10. The number of hydrogen-bond donors (Lipinski definition) is 0. The molecule has 1 rings (SSSR count). The van der Waals surface area contributed by atoms with Crippen LogP contribution in [0.15, 0.2) is 10.5 Å². The molecule has 0 fully saturated rings. The molecule has 0 aliphatic carbocycles. The van der Waals surface area contributed by atoms with Gasteiger partial charge < -0.3 is 9.47 Å². The van der Waals surface area contributed by atoms with Crippen LogP contribution in [0.2, 0.25) is 5.02 Å². The molecule has 0 heterocycles. The summed E-state index contributed by atoms with van der Waals surface area (Å²) in [4.78, 5) is 0. The number of benzene rings is 1. The first-order valence-corrected chi connectivity index (χ1v) is 5.41. The van der Waals surface area contributed by atoms with Crippen LogP contribution in [0.4, 0.5) is 0 Å². The van der Waals surface area contributed by atoms with Crippen LogP contribution in [-0.4, -0.2) is 14.2 Å². The van der Waals surface area contributed by atoms with Gasteiger partial charge in [-0.2, -0.15) is 0 Å². The topological polar surface area (TPSA) is 18.5 Å². The minimum Gasteiger partial charge on any atom is -0.495 e. The Bertz CT molecular complexity index is 339. The third kappa shape index (κ3) is 1.98. The van der Waals surface area contributed by atoms with E-state index < -0.39 is 0 Å². The first-order valence-electron chi connectivity index (χ1n) is 4.24. The van der Waals surface area contributed by atoms with Crippen molar-refractivity contribution >= 4 is 27.5 Å². The first kappa shape index (κ1) is 11.7. The predicted molar refractivity (Wildman–Crippen MR) is 61.6 cm³/mol. The van der Waals surface area contributed by atoms with Gasteiger partial charge in [-0.3, -0.25) is 0 Å². The number of rotatable bonds is 3. The van der Waals surface area contributed by atoms with E-state index in [9.17, 15) is 0 Å². The van der Waals surface area contributed by atoms with Crippen molar-refractivity contribution in [3.63, 3.8) is 0 Å². The Kier molecular flexibility index (Phi) is 4.08. The summed E-state index contributed by atoms with van der Waals surface area (Å²) in [6.07, 6.45) is 0.867. The van der Waals surface area contributed by atoms with Crippen LogP contribution in [0.1, 0.15) is 12.5 Å². The molecule has 0 saturated carbocycles. The van der Waals surface area contributed by atoms with Gasteiger partial charge in [0, 0.05) is 0 Å². The van der Waals surface area contributed by atoms with Gasteiger partial charge in [-0.25, -0.2) is 0 Å². The van der Waals surface area contributed by atoms with Gasteiger partial charge in [0.05, 0.1) is 18.7 Å². The van der Waals surface area contributed by atoms with Gasteiger partial charge in [-0.15, -0.1) is 0 Å². The molecule has 4 heteroatoms. The zero-order valence-electron chi connectivity index (χ0n) is 8.36. The molecule has 0 radical (unpaired) electrons. The first-order chi connectivity index (χ1) is 6.65. The number of methoxy groups -OCH3 is 2. The van der Waals surface area contributed by atoms with Gasteiger partial charge in [-0.05, 0) is 34.0 Å². The average Bonchev–Trinajstić information content (AvgIpc) is 2.17. The van der Waals surface area contributed by atoms with Crippen molar-refractivity contribution in [2.24, 2.45) is 0 Å². The molecule has 0 N–H and O–H groups in total. The molecule has 0 saturated heterocycles. The minimum absolute atomic E-state index is 0.515. The summed E-state index contributed by atoms with van der Waals surface area (Å²) in [6.45, 7) is 2.05. The number of aryl methyl sites for hydroxylation is 1. The Morgan fingerprint density at radius 2 is 1.86 bits per heavy atom. The summed E-state index contributed by atoms with van der Waals surface area (Å²) in [6, 6.07) is 1.96. The van der Waals surface area contributed by atoms with E-state index in [2.05, 4.69) is 15.9 Å². The quantitative estimate of drug-likeness (QED) is 0.840. The van der Waals surface area contributed by atoms with E-state index in [4.69, 9.17) is 21.1 Å². The molecular formula is C10H12BrClO2. The van der Waals surface area contributed by atoms with Crippen molar-refractivity contribution in [2.75, 3.05) is 14.2 Å². The Hall–Kier alpha value is -0.410. The minimum atomic E-state index is 0.515. The van der Waals surface area contributed by atoms with Crippen LogP contribution in [0.25, 0.3) is 0 Å². The summed E-state index contributed by atoms with van der Waals surface area (Å²) in [5, 5.41) is 0.515. The van der Waals surface area contributed by atoms with E-state index in [0.29, 0.717) is 16.5 Å². The molecule has 78 valence electrons. The van der Waals surface area contributed by atoms with Crippen LogP contribution in [-0.2, 0) is 6.42 Å². The summed E-state index contributed by atoms with van der Waals surface area (Å²) >= 11 is 9.52.